The van der Waals surface area contributed by atoms with E-state index < -0.39 is 5.97 Å². The number of carbonyl (C=O) groups is 2. The lowest BCUT2D eigenvalue weighted by Gasteiger charge is -2.20. The number of aryl methyl sites for hydroxylation is 1. The van der Waals surface area contributed by atoms with Crippen LogP contribution in [0.1, 0.15) is 35.0 Å². The Morgan fingerprint density at radius 2 is 2.16 bits per heavy atom. The summed E-state index contributed by atoms with van der Waals surface area (Å²) >= 11 is 1.34. The number of aromatic carboxylic acids is 1. The van der Waals surface area contributed by atoms with Crippen molar-refractivity contribution in [1.29, 1.82) is 0 Å². The van der Waals surface area contributed by atoms with Crippen LogP contribution in [0.3, 0.4) is 0 Å². The Kier molecular flexibility index (Phi) is 4.55. The van der Waals surface area contributed by atoms with Crippen molar-refractivity contribution in [2.75, 3.05) is 18.5 Å². The maximum absolute atomic E-state index is 12.1. The zero-order chi connectivity index (χ0) is 13.8. The van der Waals surface area contributed by atoms with Crippen molar-refractivity contribution < 1.29 is 19.4 Å². The van der Waals surface area contributed by atoms with Gasteiger partial charge < -0.3 is 15.2 Å². The van der Waals surface area contributed by atoms with Gasteiger partial charge in [0.15, 0.2) is 0 Å². The summed E-state index contributed by atoms with van der Waals surface area (Å²) in [5, 5.41) is 12.3. The summed E-state index contributed by atoms with van der Waals surface area (Å²) in [6.45, 7) is 3.14. The molecule has 0 aromatic carbocycles. The molecular weight excluding hydrogens is 266 g/mol. The normalized spacial score (nSPS) is 16.3. The number of carboxylic acid groups (broad SMARTS) is 1. The van der Waals surface area contributed by atoms with Crippen molar-refractivity contribution in [3.8, 4) is 0 Å². The van der Waals surface area contributed by atoms with Gasteiger partial charge in [0, 0.05) is 24.0 Å². The number of amides is 1. The Bertz CT molecular complexity index is 477. The molecule has 1 aliphatic heterocycles. The van der Waals surface area contributed by atoms with Crippen LogP contribution in [0.5, 0.6) is 0 Å². The van der Waals surface area contributed by atoms with Gasteiger partial charge in [-0.05, 0) is 25.3 Å². The van der Waals surface area contributed by atoms with E-state index in [-0.39, 0.29) is 17.4 Å². The zero-order valence-corrected chi connectivity index (χ0v) is 11.6. The van der Waals surface area contributed by atoms with Crippen LogP contribution >= 0.6 is 11.3 Å². The maximum atomic E-state index is 12.1. The molecule has 0 bridgehead atoms. The standard InChI is InChI=1S/C13H17NO4S/c1-2-9-7-10(13(16)17)12(19-9)14-11(15)8-3-5-18-6-4-8/h7-8H,2-6H2,1H3,(H,14,15)(H,16,17). The molecule has 1 fully saturated rings. The number of ether oxygens (including phenoxy) is 1. The van der Waals surface area contributed by atoms with Gasteiger partial charge in [-0.15, -0.1) is 11.3 Å². The van der Waals surface area contributed by atoms with Crippen LogP contribution in [0.4, 0.5) is 5.00 Å². The molecule has 0 saturated carbocycles. The molecule has 0 radical (unpaired) electrons. The molecule has 2 N–H and O–H groups in total. The van der Waals surface area contributed by atoms with Gasteiger partial charge >= 0.3 is 5.97 Å². The van der Waals surface area contributed by atoms with Crippen LogP contribution in [0.25, 0.3) is 0 Å². The number of nitrogens with one attached hydrogen (secondary N) is 1. The molecule has 1 aromatic heterocycles. The molecule has 0 unspecified atom stereocenters. The zero-order valence-electron chi connectivity index (χ0n) is 10.8. The number of hydrogen-bond acceptors (Lipinski definition) is 4. The Morgan fingerprint density at radius 1 is 1.47 bits per heavy atom. The third-order valence-electron chi connectivity index (χ3n) is 3.19. The first kappa shape index (κ1) is 14.0. The van der Waals surface area contributed by atoms with Crippen molar-refractivity contribution in [2.45, 2.75) is 26.2 Å². The minimum absolute atomic E-state index is 0.0810. The number of rotatable bonds is 4. The number of carboxylic acids is 1. The second-order valence-corrected chi connectivity index (χ2v) is 5.63. The fourth-order valence-corrected chi connectivity index (χ4v) is 3.03. The van der Waals surface area contributed by atoms with Gasteiger partial charge in [0.1, 0.15) is 5.00 Å². The van der Waals surface area contributed by atoms with E-state index >= 15 is 0 Å². The predicted molar refractivity (Wildman–Crippen MR) is 72.8 cm³/mol. The first-order valence-corrected chi connectivity index (χ1v) is 7.18. The van der Waals surface area contributed by atoms with Gasteiger partial charge in [-0.2, -0.15) is 0 Å². The number of anilines is 1. The minimum atomic E-state index is -1.00. The van der Waals surface area contributed by atoms with E-state index in [1.54, 1.807) is 6.07 Å². The smallest absolute Gasteiger partial charge is 0.338 e. The molecule has 104 valence electrons. The summed E-state index contributed by atoms with van der Waals surface area (Å²) in [6, 6.07) is 1.63. The van der Waals surface area contributed by atoms with Crippen molar-refractivity contribution in [2.24, 2.45) is 5.92 Å². The monoisotopic (exact) mass is 283 g/mol. The summed E-state index contributed by atoms with van der Waals surface area (Å²) in [5.74, 6) is -1.18. The van der Waals surface area contributed by atoms with Gasteiger partial charge in [-0.3, -0.25) is 4.79 Å². The van der Waals surface area contributed by atoms with E-state index in [9.17, 15) is 9.59 Å². The van der Waals surface area contributed by atoms with Gasteiger partial charge in [0.25, 0.3) is 0 Å². The van der Waals surface area contributed by atoms with Crippen LogP contribution in [0.2, 0.25) is 0 Å². The molecule has 2 rings (SSSR count). The number of thiophene rings is 1. The molecule has 1 aromatic rings. The Labute approximate surface area is 115 Å². The number of carbonyl (C=O) groups excluding carboxylic acids is 1. The largest absolute Gasteiger partial charge is 0.478 e. The highest BCUT2D eigenvalue weighted by atomic mass is 32.1. The van der Waals surface area contributed by atoms with Gasteiger partial charge in [0.05, 0.1) is 5.56 Å². The molecule has 5 nitrogen and oxygen atoms in total. The first-order valence-electron chi connectivity index (χ1n) is 6.36. The van der Waals surface area contributed by atoms with Crippen molar-refractivity contribution >= 4 is 28.2 Å². The third kappa shape index (κ3) is 3.33. The van der Waals surface area contributed by atoms with Crippen molar-refractivity contribution in [3.05, 3.63) is 16.5 Å². The van der Waals surface area contributed by atoms with Crippen LogP contribution < -0.4 is 5.32 Å². The summed E-state index contributed by atoms with van der Waals surface area (Å²) in [6.07, 6.45) is 2.15. The number of hydrogen-bond donors (Lipinski definition) is 2. The fourth-order valence-electron chi connectivity index (χ4n) is 2.04. The summed E-state index contributed by atoms with van der Waals surface area (Å²) in [5.41, 5.74) is 0.183. The van der Waals surface area contributed by atoms with E-state index in [4.69, 9.17) is 9.84 Å². The SMILES string of the molecule is CCc1cc(C(=O)O)c(NC(=O)C2CCOCC2)s1. The Balaban J connectivity index is 2.10. The minimum Gasteiger partial charge on any atom is -0.478 e. The second-order valence-electron chi connectivity index (χ2n) is 4.49. The maximum Gasteiger partial charge on any atom is 0.338 e. The fraction of sp³-hybridized carbons (Fsp3) is 0.538. The average molecular weight is 283 g/mol. The van der Waals surface area contributed by atoms with Gasteiger partial charge in [0.2, 0.25) is 5.91 Å². The van der Waals surface area contributed by atoms with Crippen LogP contribution in [0.15, 0.2) is 6.07 Å². The lowest BCUT2D eigenvalue weighted by atomic mass is 9.99. The van der Waals surface area contributed by atoms with E-state index in [0.29, 0.717) is 31.1 Å². The first-order chi connectivity index (χ1) is 9.11. The molecule has 19 heavy (non-hydrogen) atoms. The van der Waals surface area contributed by atoms with Crippen LogP contribution in [-0.4, -0.2) is 30.2 Å². The van der Waals surface area contributed by atoms with Gasteiger partial charge in [-0.1, -0.05) is 6.92 Å². The van der Waals surface area contributed by atoms with Crippen molar-refractivity contribution in [3.63, 3.8) is 0 Å². The lowest BCUT2D eigenvalue weighted by Crippen LogP contribution is -2.28. The highest BCUT2D eigenvalue weighted by molar-refractivity contribution is 7.16. The topological polar surface area (TPSA) is 75.6 Å². The molecule has 0 aliphatic carbocycles. The molecule has 6 heteroatoms. The van der Waals surface area contributed by atoms with E-state index in [1.165, 1.54) is 11.3 Å². The highest BCUT2D eigenvalue weighted by Crippen LogP contribution is 2.29. The lowest BCUT2D eigenvalue weighted by molar-refractivity contribution is -0.122. The molecule has 1 aliphatic rings. The Morgan fingerprint density at radius 3 is 2.74 bits per heavy atom. The van der Waals surface area contributed by atoms with Gasteiger partial charge in [-0.25, -0.2) is 4.79 Å². The molecule has 0 atom stereocenters. The molecular formula is C13H17NO4S. The van der Waals surface area contributed by atoms with E-state index in [1.807, 2.05) is 6.92 Å². The second kappa shape index (κ2) is 6.16. The molecule has 2 heterocycles. The van der Waals surface area contributed by atoms with E-state index in [0.717, 1.165) is 11.3 Å². The highest BCUT2D eigenvalue weighted by Gasteiger charge is 2.24. The van der Waals surface area contributed by atoms with Crippen LogP contribution in [0, 0.1) is 5.92 Å². The van der Waals surface area contributed by atoms with Crippen molar-refractivity contribution in [1.82, 2.24) is 0 Å². The summed E-state index contributed by atoms with van der Waals surface area (Å²) < 4.78 is 5.21. The quantitative estimate of drug-likeness (QED) is 0.889. The predicted octanol–water partition coefficient (Wildman–Crippen LogP) is 2.37. The average Bonchev–Trinajstić information content (AvgIpc) is 2.83. The molecule has 0 spiro atoms. The van der Waals surface area contributed by atoms with Crippen LogP contribution in [-0.2, 0) is 16.0 Å². The Hall–Kier alpha value is -1.40. The molecule has 1 saturated heterocycles. The van der Waals surface area contributed by atoms with E-state index in [2.05, 4.69) is 5.32 Å². The summed E-state index contributed by atoms with van der Waals surface area (Å²) in [7, 11) is 0. The molecule has 1 amide bonds. The summed E-state index contributed by atoms with van der Waals surface area (Å²) in [4.78, 5) is 24.2. The third-order valence-corrected chi connectivity index (χ3v) is 4.39.